The highest BCUT2D eigenvalue weighted by Crippen LogP contribution is 2.33. The van der Waals surface area contributed by atoms with Gasteiger partial charge in [0, 0.05) is 31.9 Å². The molecule has 0 aliphatic carbocycles. The van der Waals surface area contributed by atoms with E-state index in [-0.39, 0.29) is 11.7 Å². The Bertz CT molecular complexity index is 898. The average molecular weight is 383 g/mol. The zero-order chi connectivity index (χ0) is 18.8. The van der Waals surface area contributed by atoms with E-state index in [0.717, 1.165) is 18.0 Å². The minimum absolute atomic E-state index is 0.136. The van der Waals surface area contributed by atoms with Crippen molar-refractivity contribution in [3.63, 3.8) is 0 Å². The number of aliphatic hydroxyl groups excluding tert-OH is 1. The molecule has 1 saturated heterocycles. The minimum atomic E-state index is -0.893. The second kappa shape index (κ2) is 7.54. The third kappa shape index (κ3) is 3.48. The van der Waals surface area contributed by atoms with E-state index in [0.29, 0.717) is 24.3 Å². The first kappa shape index (κ1) is 17.8. The monoisotopic (exact) mass is 383 g/mol. The molecule has 1 amide bonds. The number of thiophene rings is 1. The van der Waals surface area contributed by atoms with Gasteiger partial charge in [0.2, 0.25) is 0 Å². The predicted octanol–water partition coefficient (Wildman–Crippen LogP) is 3.42. The van der Waals surface area contributed by atoms with Crippen molar-refractivity contribution in [3.05, 3.63) is 59.2 Å². The molecule has 1 unspecified atom stereocenters. The van der Waals surface area contributed by atoms with Crippen molar-refractivity contribution >= 4 is 22.9 Å². The molecule has 1 fully saturated rings. The van der Waals surface area contributed by atoms with Crippen LogP contribution in [0.1, 0.15) is 29.1 Å². The number of aromatic nitrogens is 1. The Morgan fingerprint density at radius 3 is 2.52 bits per heavy atom. The number of para-hydroxylation sites is 1. The van der Waals surface area contributed by atoms with Crippen LogP contribution in [0.15, 0.2) is 52.4 Å². The normalized spacial score (nSPS) is 15.8. The molecule has 1 atom stereocenters. The molecule has 0 radical (unpaired) electrons. The number of anilines is 1. The average Bonchev–Trinajstić information content (AvgIpc) is 3.37. The first-order chi connectivity index (χ1) is 13.1. The molecule has 1 aliphatic rings. The first-order valence-corrected chi connectivity index (χ1v) is 9.84. The summed E-state index contributed by atoms with van der Waals surface area (Å²) in [5, 5.41) is 16.0. The van der Waals surface area contributed by atoms with Gasteiger partial charge in [0.25, 0.3) is 5.91 Å². The molecule has 1 aromatic carbocycles. The number of hydrogen-bond donors (Lipinski definition) is 1. The molecule has 3 aromatic rings. The molecular formula is C20H21N3O3S. The van der Waals surface area contributed by atoms with E-state index in [1.54, 1.807) is 6.92 Å². The summed E-state index contributed by atoms with van der Waals surface area (Å²) in [6.07, 6.45) is -0.893. The SMILES string of the molecule is CC(O)c1onc(-c2cccs2)c1C(=O)N1CCN(c2ccccc2)CC1. The quantitative estimate of drug-likeness (QED) is 0.748. The standard InChI is InChI=1S/C20H21N3O3S/c1-14(24)19-17(18(21-26-19)16-8-5-13-27-16)20(25)23-11-9-22(10-12-23)15-6-3-2-4-7-15/h2-8,13-14,24H,9-12H2,1H3. The van der Waals surface area contributed by atoms with Crippen LogP contribution in [0.2, 0.25) is 0 Å². The summed E-state index contributed by atoms with van der Waals surface area (Å²) in [7, 11) is 0. The number of hydrogen-bond acceptors (Lipinski definition) is 6. The van der Waals surface area contributed by atoms with Gasteiger partial charge in [-0.1, -0.05) is 29.4 Å². The predicted molar refractivity (Wildman–Crippen MR) is 105 cm³/mol. The molecule has 0 bridgehead atoms. The number of benzene rings is 1. The molecule has 6 nitrogen and oxygen atoms in total. The van der Waals surface area contributed by atoms with E-state index >= 15 is 0 Å². The van der Waals surface area contributed by atoms with Crippen LogP contribution in [0.3, 0.4) is 0 Å². The summed E-state index contributed by atoms with van der Waals surface area (Å²) in [4.78, 5) is 18.2. The van der Waals surface area contributed by atoms with Gasteiger partial charge >= 0.3 is 0 Å². The zero-order valence-corrected chi connectivity index (χ0v) is 15.9. The van der Waals surface area contributed by atoms with Gasteiger partial charge in [-0.2, -0.15) is 0 Å². The Morgan fingerprint density at radius 1 is 1.15 bits per heavy atom. The van der Waals surface area contributed by atoms with Crippen molar-refractivity contribution in [2.75, 3.05) is 31.1 Å². The molecule has 4 rings (SSSR count). The largest absolute Gasteiger partial charge is 0.385 e. The Balaban J connectivity index is 1.56. The summed E-state index contributed by atoms with van der Waals surface area (Å²) >= 11 is 1.49. The first-order valence-electron chi connectivity index (χ1n) is 8.96. The lowest BCUT2D eigenvalue weighted by atomic mass is 10.1. The fourth-order valence-electron chi connectivity index (χ4n) is 3.34. The molecule has 0 saturated carbocycles. The van der Waals surface area contributed by atoms with Gasteiger partial charge in [-0.05, 0) is 30.5 Å². The summed E-state index contributed by atoms with van der Waals surface area (Å²) < 4.78 is 5.33. The number of amides is 1. The number of carbonyl (C=O) groups excluding carboxylic acids is 1. The van der Waals surface area contributed by atoms with Crippen LogP contribution in [0, 0.1) is 0 Å². The molecule has 140 valence electrons. The second-order valence-electron chi connectivity index (χ2n) is 6.54. The van der Waals surface area contributed by atoms with Gasteiger partial charge in [0.05, 0.1) is 4.88 Å². The van der Waals surface area contributed by atoms with E-state index in [9.17, 15) is 9.90 Å². The van der Waals surface area contributed by atoms with Gasteiger partial charge in [-0.3, -0.25) is 4.79 Å². The fraction of sp³-hybridized carbons (Fsp3) is 0.300. The highest BCUT2D eigenvalue weighted by molar-refractivity contribution is 7.13. The lowest BCUT2D eigenvalue weighted by molar-refractivity contribution is 0.0735. The number of nitrogens with zero attached hydrogens (tertiary/aromatic N) is 3. The Kier molecular flexibility index (Phi) is 4.96. The van der Waals surface area contributed by atoms with Gasteiger partial charge in [-0.15, -0.1) is 11.3 Å². The molecular weight excluding hydrogens is 362 g/mol. The zero-order valence-electron chi connectivity index (χ0n) is 15.0. The minimum Gasteiger partial charge on any atom is -0.385 e. The van der Waals surface area contributed by atoms with Crippen LogP contribution >= 0.6 is 11.3 Å². The maximum Gasteiger partial charge on any atom is 0.260 e. The summed E-state index contributed by atoms with van der Waals surface area (Å²) in [6.45, 7) is 4.34. The Hall–Kier alpha value is -2.64. The summed E-state index contributed by atoms with van der Waals surface area (Å²) in [5.74, 6) is 0.0946. The van der Waals surface area contributed by atoms with E-state index in [4.69, 9.17) is 4.52 Å². The molecule has 7 heteroatoms. The molecule has 0 spiro atoms. The molecule has 3 heterocycles. The van der Waals surface area contributed by atoms with Crippen LogP contribution in [0.25, 0.3) is 10.6 Å². The third-order valence-corrected chi connectivity index (χ3v) is 5.63. The molecule has 1 N–H and O–H groups in total. The topological polar surface area (TPSA) is 69.8 Å². The second-order valence-corrected chi connectivity index (χ2v) is 7.49. The van der Waals surface area contributed by atoms with Crippen LogP contribution in [0.4, 0.5) is 5.69 Å². The molecule has 27 heavy (non-hydrogen) atoms. The van der Waals surface area contributed by atoms with Crippen LogP contribution < -0.4 is 4.90 Å². The van der Waals surface area contributed by atoms with E-state index < -0.39 is 6.10 Å². The van der Waals surface area contributed by atoms with Crippen LogP contribution in [-0.2, 0) is 0 Å². The van der Waals surface area contributed by atoms with Crippen molar-refractivity contribution < 1.29 is 14.4 Å². The van der Waals surface area contributed by atoms with Gasteiger partial charge in [0.15, 0.2) is 5.76 Å². The lowest BCUT2D eigenvalue weighted by Crippen LogP contribution is -2.49. The Morgan fingerprint density at radius 2 is 1.89 bits per heavy atom. The maximum atomic E-state index is 13.2. The number of piperazine rings is 1. The van der Waals surface area contributed by atoms with Crippen molar-refractivity contribution in [2.24, 2.45) is 0 Å². The van der Waals surface area contributed by atoms with Crippen molar-refractivity contribution in [1.82, 2.24) is 10.1 Å². The summed E-state index contributed by atoms with van der Waals surface area (Å²) in [5.41, 5.74) is 2.05. The number of aliphatic hydroxyl groups is 1. The lowest BCUT2D eigenvalue weighted by Gasteiger charge is -2.36. The van der Waals surface area contributed by atoms with Crippen molar-refractivity contribution in [3.8, 4) is 10.6 Å². The fourth-order valence-corrected chi connectivity index (χ4v) is 4.05. The van der Waals surface area contributed by atoms with Crippen LogP contribution in [-0.4, -0.2) is 47.2 Å². The maximum absolute atomic E-state index is 13.2. The van der Waals surface area contributed by atoms with E-state index in [1.165, 1.54) is 17.0 Å². The summed E-state index contributed by atoms with van der Waals surface area (Å²) in [6, 6.07) is 14.0. The number of rotatable bonds is 4. The molecule has 2 aromatic heterocycles. The van der Waals surface area contributed by atoms with E-state index in [1.807, 2.05) is 40.6 Å². The van der Waals surface area contributed by atoms with E-state index in [2.05, 4.69) is 22.2 Å². The highest BCUT2D eigenvalue weighted by atomic mass is 32.1. The van der Waals surface area contributed by atoms with Crippen molar-refractivity contribution in [1.29, 1.82) is 0 Å². The van der Waals surface area contributed by atoms with Crippen LogP contribution in [0.5, 0.6) is 0 Å². The Labute approximate surface area is 161 Å². The van der Waals surface area contributed by atoms with Crippen molar-refractivity contribution in [2.45, 2.75) is 13.0 Å². The highest BCUT2D eigenvalue weighted by Gasteiger charge is 2.31. The van der Waals surface area contributed by atoms with Gasteiger partial charge < -0.3 is 19.4 Å². The smallest absolute Gasteiger partial charge is 0.260 e. The third-order valence-electron chi connectivity index (χ3n) is 4.75. The van der Waals surface area contributed by atoms with Gasteiger partial charge in [-0.25, -0.2) is 0 Å². The molecule has 1 aliphatic heterocycles. The van der Waals surface area contributed by atoms with Gasteiger partial charge in [0.1, 0.15) is 17.4 Å². The number of carbonyl (C=O) groups is 1.